The SMILES string of the molecule is O=C1NN(CC2CCCCC2)[C@@H](c2ccccc2)C(=O)N2CCC[C@@H]12. The maximum Gasteiger partial charge on any atom is 0.257 e. The van der Waals surface area contributed by atoms with Gasteiger partial charge in [-0.1, -0.05) is 49.6 Å². The molecule has 134 valence electrons. The number of nitrogens with one attached hydrogen (secondary N) is 1. The summed E-state index contributed by atoms with van der Waals surface area (Å²) in [6.45, 7) is 1.45. The van der Waals surface area contributed by atoms with Gasteiger partial charge in [0.1, 0.15) is 12.1 Å². The van der Waals surface area contributed by atoms with E-state index in [1.54, 1.807) is 4.90 Å². The zero-order chi connectivity index (χ0) is 17.2. The number of benzene rings is 1. The number of nitrogens with zero attached hydrogens (tertiary/aromatic N) is 2. The average molecular weight is 341 g/mol. The number of fused-ring (bicyclic) bond motifs is 1. The molecule has 2 saturated heterocycles. The Labute approximate surface area is 149 Å². The van der Waals surface area contributed by atoms with Crippen molar-refractivity contribution in [3.8, 4) is 0 Å². The van der Waals surface area contributed by atoms with Crippen molar-refractivity contribution in [2.45, 2.75) is 57.0 Å². The van der Waals surface area contributed by atoms with Crippen LogP contribution in [0, 0.1) is 5.92 Å². The van der Waals surface area contributed by atoms with Gasteiger partial charge in [0.05, 0.1) is 0 Å². The van der Waals surface area contributed by atoms with Crippen LogP contribution in [-0.4, -0.2) is 40.9 Å². The van der Waals surface area contributed by atoms with Crippen LogP contribution in [0.3, 0.4) is 0 Å². The molecule has 1 saturated carbocycles. The van der Waals surface area contributed by atoms with Gasteiger partial charge in [0.2, 0.25) is 5.91 Å². The standard InChI is InChI=1S/C20H27N3O2/c24-19-17-12-7-13-22(17)20(25)18(16-10-5-2-6-11-16)23(21-19)14-15-8-3-1-4-9-15/h2,5-6,10-11,15,17-18H,1,3-4,7-9,12-14H2,(H,21,24)/t17-,18-/m0/s1. The smallest absolute Gasteiger partial charge is 0.257 e. The highest BCUT2D eigenvalue weighted by atomic mass is 16.2. The lowest BCUT2D eigenvalue weighted by Crippen LogP contribution is -2.48. The van der Waals surface area contributed by atoms with Gasteiger partial charge in [-0.05, 0) is 37.2 Å². The Bertz CT molecular complexity index is 627. The third kappa shape index (κ3) is 3.30. The molecular formula is C20H27N3O2. The summed E-state index contributed by atoms with van der Waals surface area (Å²) in [6.07, 6.45) is 7.88. The molecule has 0 spiro atoms. The Kier molecular flexibility index (Phi) is 4.75. The van der Waals surface area contributed by atoms with Crippen molar-refractivity contribution in [1.29, 1.82) is 0 Å². The Hall–Kier alpha value is -1.88. The topological polar surface area (TPSA) is 52.7 Å². The highest BCUT2D eigenvalue weighted by Gasteiger charge is 2.44. The lowest BCUT2D eigenvalue weighted by Gasteiger charge is -2.34. The Morgan fingerprint density at radius 2 is 1.72 bits per heavy atom. The number of carbonyl (C=O) groups is 2. The second kappa shape index (κ2) is 7.16. The summed E-state index contributed by atoms with van der Waals surface area (Å²) in [4.78, 5) is 27.8. The van der Waals surface area contributed by atoms with Gasteiger partial charge in [0.25, 0.3) is 5.91 Å². The molecule has 5 nitrogen and oxygen atoms in total. The third-order valence-electron chi connectivity index (χ3n) is 5.93. The first-order valence-electron chi connectivity index (χ1n) is 9.66. The second-order valence-corrected chi connectivity index (χ2v) is 7.64. The molecule has 1 aliphatic carbocycles. The van der Waals surface area contributed by atoms with Crippen LogP contribution in [0.2, 0.25) is 0 Å². The quantitative estimate of drug-likeness (QED) is 0.919. The van der Waals surface area contributed by atoms with Gasteiger partial charge in [0.15, 0.2) is 0 Å². The molecule has 0 unspecified atom stereocenters. The van der Waals surface area contributed by atoms with Crippen LogP contribution < -0.4 is 5.43 Å². The molecule has 0 bridgehead atoms. The second-order valence-electron chi connectivity index (χ2n) is 7.64. The minimum atomic E-state index is -0.407. The van der Waals surface area contributed by atoms with Crippen LogP contribution in [-0.2, 0) is 9.59 Å². The monoisotopic (exact) mass is 341 g/mol. The fraction of sp³-hybridized carbons (Fsp3) is 0.600. The van der Waals surface area contributed by atoms with Gasteiger partial charge in [-0.3, -0.25) is 15.0 Å². The molecule has 3 fully saturated rings. The summed E-state index contributed by atoms with van der Waals surface area (Å²) >= 11 is 0. The van der Waals surface area contributed by atoms with Crippen LogP contribution in [0.25, 0.3) is 0 Å². The summed E-state index contributed by atoms with van der Waals surface area (Å²) in [6, 6.07) is 9.20. The van der Waals surface area contributed by atoms with Crippen molar-refractivity contribution in [1.82, 2.24) is 15.3 Å². The van der Waals surface area contributed by atoms with Crippen molar-refractivity contribution in [3.05, 3.63) is 35.9 Å². The first-order valence-corrected chi connectivity index (χ1v) is 9.66. The van der Waals surface area contributed by atoms with Gasteiger partial charge in [0, 0.05) is 13.1 Å². The molecule has 2 atom stereocenters. The van der Waals surface area contributed by atoms with Crippen LogP contribution in [0.1, 0.15) is 56.6 Å². The van der Waals surface area contributed by atoms with E-state index < -0.39 is 6.04 Å². The summed E-state index contributed by atoms with van der Waals surface area (Å²) < 4.78 is 0. The van der Waals surface area contributed by atoms with E-state index in [0.29, 0.717) is 12.5 Å². The lowest BCUT2D eigenvalue weighted by atomic mass is 9.88. The Balaban J connectivity index is 1.65. The van der Waals surface area contributed by atoms with E-state index in [0.717, 1.165) is 24.9 Å². The largest absolute Gasteiger partial charge is 0.329 e. The Morgan fingerprint density at radius 1 is 0.960 bits per heavy atom. The molecule has 1 aromatic carbocycles. The van der Waals surface area contributed by atoms with Crippen LogP contribution in [0.5, 0.6) is 0 Å². The van der Waals surface area contributed by atoms with E-state index in [2.05, 4.69) is 5.43 Å². The van der Waals surface area contributed by atoms with E-state index in [1.807, 2.05) is 35.3 Å². The summed E-state index contributed by atoms with van der Waals surface area (Å²) in [5, 5.41) is 1.94. The molecule has 2 heterocycles. The number of hydrogen-bond donors (Lipinski definition) is 1. The molecule has 1 N–H and O–H groups in total. The molecule has 2 aliphatic heterocycles. The van der Waals surface area contributed by atoms with Crippen molar-refractivity contribution in [3.63, 3.8) is 0 Å². The van der Waals surface area contributed by atoms with Crippen molar-refractivity contribution in [2.24, 2.45) is 5.92 Å². The predicted octanol–water partition coefficient (Wildman–Crippen LogP) is 2.65. The van der Waals surface area contributed by atoms with E-state index in [9.17, 15) is 9.59 Å². The minimum absolute atomic E-state index is 0.0138. The number of hydrogen-bond acceptors (Lipinski definition) is 3. The van der Waals surface area contributed by atoms with Gasteiger partial charge in [-0.25, -0.2) is 5.01 Å². The third-order valence-corrected chi connectivity index (χ3v) is 5.93. The molecular weight excluding hydrogens is 314 g/mol. The number of rotatable bonds is 3. The number of carbonyl (C=O) groups excluding carboxylic acids is 2. The molecule has 2 amide bonds. The fourth-order valence-electron chi connectivity index (χ4n) is 4.63. The van der Waals surface area contributed by atoms with E-state index >= 15 is 0 Å². The molecule has 4 rings (SSSR count). The molecule has 0 aromatic heterocycles. The fourth-order valence-corrected chi connectivity index (χ4v) is 4.63. The van der Waals surface area contributed by atoms with Crippen molar-refractivity contribution < 1.29 is 9.59 Å². The summed E-state index contributed by atoms with van der Waals surface area (Å²) in [7, 11) is 0. The first-order chi connectivity index (χ1) is 12.2. The zero-order valence-electron chi connectivity index (χ0n) is 14.7. The van der Waals surface area contributed by atoms with Crippen LogP contribution >= 0.6 is 0 Å². The maximum absolute atomic E-state index is 13.3. The van der Waals surface area contributed by atoms with Gasteiger partial charge < -0.3 is 4.90 Å². The molecule has 3 aliphatic rings. The summed E-state index contributed by atoms with van der Waals surface area (Å²) in [5.74, 6) is 0.615. The zero-order valence-corrected chi connectivity index (χ0v) is 14.7. The predicted molar refractivity (Wildman–Crippen MR) is 95.3 cm³/mol. The molecule has 1 aromatic rings. The van der Waals surface area contributed by atoms with Crippen molar-refractivity contribution >= 4 is 11.8 Å². The first kappa shape index (κ1) is 16.6. The maximum atomic E-state index is 13.3. The van der Waals surface area contributed by atoms with Gasteiger partial charge >= 0.3 is 0 Å². The van der Waals surface area contributed by atoms with E-state index in [4.69, 9.17) is 0 Å². The average Bonchev–Trinajstić information content (AvgIpc) is 3.10. The highest BCUT2D eigenvalue weighted by Crippen LogP contribution is 2.32. The van der Waals surface area contributed by atoms with Crippen molar-refractivity contribution in [2.75, 3.05) is 13.1 Å². The van der Waals surface area contributed by atoms with Crippen LogP contribution in [0.15, 0.2) is 30.3 Å². The van der Waals surface area contributed by atoms with E-state index in [1.165, 1.54) is 32.1 Å². The molecule has 25 heavy (non-hydrogen) atoms. The minimum Gasteiger partial charge on any atom is -0.329 e. The molecule has 0 radical (unpaired) electrons. The summed E-state index contributed by atoms with van der Waals surface area (Å²) in [5.41, 5.74) is 4.08. The van der Waals surface area contributed by atoms with Gasteiger partial charge in [-0.15, -0.1) is 0 Å². The lowest BCUT2D eigenvalue weighted by molar-refractivity contribution is -0.137. The van der Waals surface area contributed by atoms with Gasteiger partial charge in [-0.2, -0.15) is 0 Å². The normalized spacial score (nSPS) is 28.6. The molecule has 5 heteroatoms. The number of amides is 2. The number of hydrazine groups is 1. The van der Waals surface area contributed by atoms with Crippen LogP contribution in [0.4, 0.5) is 0 Å². The van der Waals surface area contributed by atoms with E-state index in [-0.39, 0.29) is 17.9 Å². The highest BCUT2D eigenvalue weighted by molar-refractivity contribution is 5.92. The Morgan fingerprint density at radius 3 is 2.48 bits per heavy atom.